The highest BCUT2D eigenvalue weighted by molar-refractivity contribution is 5.86. The highest BCUT2D eigenvalue weighted by Gasteiger charge is 2.10. The predicted octanol–water partition coefficient (Wildman–Crippen LogP) is -0.0966. The molecule has 14 heavy (non-hydrogen) atoms. The molecule has 0 amide bonds. The minimum atomic E-state index is -1.05. The molecule has 0 atom stereocenters. The molecule has 0 saturated carbocycles. The van der Waals surface area contributed by atoms with Gasteiger partial charge in [0.1, 0.15) is 17.1 Å². The number of hydrogen-bond donors (Lipinski definition) is 2. The van der Waals surface area contributed by atoms with E-state index >= 15 is 0 Å². The maximum atomic E-state index is 10.5. The summed E-state index contributed by atoms with van der Waals surface area (Å²) in [5.74, 6) is -1.05. The SMILES string of the molecule is Cn1cc(-c2cc(C(=O)O)[nH]n2)nn1. The molecule has 0 aliphatic heterocycles. The quantitative estimate of drug-likeness (QED) is 0.694. The monoisotopic (exact) mass is 193 g/mol. The van der Waals surface area contributed by atoms with E-state index in [1.165, 1.54) is 10.7 Å². The summed E-state index contributed by atoms with van der Waals surface area (Å²) in [4.78, 5) is 10.5. The van der Waals surface area contributed by atoms with Crippen molar-refractivity contribution in [2.45, 2.75) is 0 Å². The van der Waals surface area contributed by atoms with Gasteiger partial charge in [0.2, 0.25) is 0 Å². The van der Waals surface area contributed by atoms with Gasteiger partial charge < -0.3 is 5.11 Å². The second-order valence-corrected chi connectivity index (χ2v) is 2.75. The lowest BCUT2D eigenvalue weighted by atomic mass is 10.3. The Bertz CT molecular complexity index is 472. The van der Waals surface area contributed by atoms with Crippen molar-refractivity contribution in [2.24, 2.45) is 7.05 Å². The van der Waals surface area contributed by atoms with Crippen LogP contribution in [0.15, 0.2) is 12.3 Å². The number of carbonyl (C=O) groups is 1. The van der Waals surface area contributed by atoms with E-state index < -0.39 is 5.97 Å². The summed E-state index contributed by atoms with van der Waals surface area (Å²) in [6.45, 7) is 0. The Kier molecular flexibility index (Phi) is 1.77. The van der Waals surface area contributed by atoms with E-state index in [4.69, 9.17) is 5.11 Å². The van der Waals surface area contributed by atoms with Crippen molar-refractivity contribution in [3.63, 3.8) is 0 Å². The van der Waals surface area contributed by atoms with Crippen molar-refractivity contribution in [3.8, 4) is 11.4 Å². The molecule has 2 aromatic heterocycles. The molecule has 2 aromatic rings. The molecule has 72 valence electrons. The molecule has 0 aromatic carbocycles. The summed E-state index contributed by atoms with van der Waals surface area (Å²) in [5.41, 5.74) is 1.04. The second kappa shape index (κ2) is 2.95. The second-order valence-electron chi connectivity index (χ2n) is 2.75. The third-order valence-electron chi connectivity index (χ3n) is 1.67. The average molecular weight is 193 g/mol. The van der Waals surface area contributed by atoms with Gasteiger partial charge in [-0.25, -0.2) is 4.79 Å². The maximum Gasteiger partial charge on any atom is 0.353 e. The zero-order valence-electron chi connectivity index (χ0n) is 7.30. The fourth-order valence-corrected chi connectivity index (χ4v) is 1.03. The van der Waals surface area contributed by atoms with Crippen LogP contribution < -0.4 is 0 Å². The molecule has 0 bridgehead atoms. The first-order chi connectivity index (χ1) is 6.66. The summed E-state index contributed by atoms with van der Waals surface area (Å²) in [7, 11) is 1.72. The molecule has 0 spiro atoms. The van der Waals surface area contributed by atoms with Gasteiger partial charge in [0.05, 0.1) is 6.20 Å². The minimum absolute atomic E-state index is 0.0330. The third kappa shape index (κ3) is 1.35. The molecule has 0 saturated heterocycles. The lowest BCUT2D eigenvalue weighted by Gasteiger charge is -1.82. The lowest BCUT2D eigenvalue weighted by molar-refractivity contribution is 0.0690. The van der Waals surface area contributed by atoms with Crippen molar-refractivity contribution in [1.29, 1.82) is 0 Å². The van der Waals surface area contributed by atoms with Gasteiger partial charge in [-0.15, -0.1) is 5.10 Å². The van der Waals surface area contributed by atoms with Crippen LogP contribution in [-0.4, -0.2) is 36.3 Å². The van der Waals surface area contributed by atoms with Crippen LogP contribution in [0.2, 0.25) is 0 Å². The zero-order chi connectivity index (χ0) is 10.1. The summed E-state index contributed by atoms with van der Waals surface area (Å²) in [5, 5.41) is 22.3. The number of rotatable bonds is 2. The van der Waals surface area contributed by atoms with Gasteiger partial charge in [-0.2, -0.15) is 5.10 Å². The minimum Gasteiger partial charge on any atom is -0.477 e. The highest BCUT2D eigenvalue weighted by Crippen LogP contribution is 2.13. The number of aryl methyl sites for hydroxylation is 1. The van der Waals surface area contributed by atoms with Crippen molar-refractivity contribution in [1.82, 2.24) is 25.2 Å². The number of nitrogens with zero attached hydrogens (tertiary/aromatic N) is 4. The Morgan fingerprint density at radius 2 is 2.36 bits per heavy atom. The van der Waals surface area contributed by atoms with Crippen LogP contribution in [0.1, 0.15) is 10.5 Å². The maximum absolute atomic E-state index is 10.5. The first kappa shape index (κ1) is 8.42. The Balaban J connectivity index is 2.38. The summed E-state index contributed by atoms with van der Waals surface area (Å²) >= 11 is 0. The average Bonchev–Trinajstić information content (AvgIpc) is 2.70. The summed E-state index contributed by atoms with van der Waals surface area (Å²) in [6.07, 6.45) is 1.65. The van der Waals surface area contributed by atoms with Gasteiger partial charge in [0.15, 0.2) is 0 Å². The molecule has 0 fully saturated rings. The van der Waals surface area contributed by atoms with Crippen LogP contribution in [0.4, 0.5) is 0 Å². The van der Waals surface area contributed by atoms with Crippen molar-refractivity contribution in [3.05, 3.63) is 18.0 Å². The normalized spacial score (nSPS) is 10.4. The van der Waals surface area contributed by atoms with Crippen LogP contribution in [-0.2, 0) is 7.05 Å². The molecule has 7 nitrogen and oxygen atoms in total. The number of aromatic carboxylic acids is 1. The topological polar surface area (TPSA) is 96.7 Å². The van der Waals surface area contributed by atoms with Gasteiger partial charge in [-0.1, -0.05) is 5.21 Å². The fourth-order valence-electron chi connectivity index (χ4n) is 1.03. The smallest absolute Gasteiger partial charge is 0.353 e. The number of carboxylic acid groups (broad SMARTS) is 1. The van der Waals surface area contributed by atoms with Crippen LogP contribution in [0.25, 0.3) is 11.4 Å². The van der Waals surface area contributed by atoms with E-state index in [9.17, 15) is 4.79 Å². The number of H-pyrrole nitrogens is 1. The molecule has 0 aliphatic rings. The Hall–Kier alpha value is -2.18. The Morgan fingerprint density at radius 3 is 2.86 bits per heavy atom. The van der Waals surface area contributed by atoms with Crippen molar-refractivity contribution >= 4 is 5.97 Å². The first-order valence-electron chi connectivity index (χ1n) is 3.82. The number of aromatic nitrogens is 5. The number of carboxylic acids is 1. The van der Waals surface area contributed by atoms with E-state index in [-0.39, 0.29) is 5.69 Å². The van der Waals surface area contributed by atoms with E-state index in [0.717, 1.165) is 0 Å². The van der Waals surface area contributed by atoms with Crippen LogP contribution in [0.3, 0.4) is 0 Å². The van der Waals surface area contributed by atoms with Crippen molar-refractivity contribution < 1.29 is 9.90 Å². The summed E-state index contributed by atoms with van der Waals surface area (Å²) < 4.78 is 1.52. The van der Waals surface area contributed by atoms with Gasteiger partial charge >= 0.3 is 5.97 Å². The molecule has 2 rings (SSSR count). The van der Waals surface area contributed by atoms with Gasteiger partial charge in [0, 0.05) is 13.1 Å². The Labute approximate surface area is 78.4 Å². The number of nitrogens with one attached hydrogen (secondary N) is 1. The van der Waals surface area contributed by atoms with Gasteiger partial charge in [0.25, 0.3) is 0 Å². The van der Waals surface area contributed by atoms with E-state index in [1.807, 2.05) is 0 Å². The number of aromatic amines is 1. The molecule has 7 heteroatoms. The van der Waals surface area contributed by atoms with Gasteiger partial charge in [-0.05, 0) is 0 Å². The molecule has 0 unspecified atom stereocenters. The fraction of sp³-hybridized carbons (Fsp3) is 0.143. The van der Waals surface area contributed by atoms with Crippen molar-refractivity contribution in [2.75, 3.05) is 0 Å². The van der Waals surface area contributed by atoms with E-state index in [2.05, 4.69) is 20.5 Å². The molecule has 0 radical (unpaired) electrons. The van der Waals surface area contributed by atoms with E-state index in [1.54, 1.807) is 13.2 Å². The number of hydrogen-bond acceptors (Lipinski definition) is 4. The molecule has 2 heterocycles. The van der Waals surface area contributed by atoms with Crippen LogP contribution >= 0.6 is 0 Å². The molecule has 2 N–H and O–H groups in total. The molecule has 0 aliphatic carbocycles. The lowest BCUT2D eigenvalue weighted by Crippen LogP contribution is -1.95. The first-order valence-corrected chi connectivity index (χ1v) is 3.82. The third-order valence-corrected chi connectivity index (χ3v) is 1.67. The zero-order valence-corrected chi connectivity index (χ0v) is 7.30. The van der Waals surface area contributed by atoms with Gasteiger partial charge in [-0.3, -0.25) is 9.78 Å². The standard InChI is InChI=1S/C7H7N5O2/c1-12-3-6(10-11-12)4-2-5(7(13)14)9-8-4/h2-3H,1H3,(H,8,9)(H,13,14). The Morgan fingerprint density at radius 1 is 1.57 bits per heavy atom. The van der Waals surface area contributed by atoms with Crippen LogP contribution in [0, 0.1) is 0 Å². The summed E-state index contributed by atoms with van der Waals surface area (Å²) in [6, 6.07) is 1.41. The molecular weight excluding hydrogens is 186 g/mol. The highest BCUT2D eigenvalue weighted by atomic mass is 16.4. The van der Waals surface area contributed by atoms with Crippen LogP contribution in [0.5, 0.6) is 0 Å². The predicted molar refractivity (Wildman–Crippen MR) is 45.5 cm³/mol. The largest absolute Gasteiger partial charge is 0.477 e. The van der Waals surface area contributed by atoms with E-state index in [0.29, 0.717) is 11.4 Å². The molecular formula is C7H7N5O2.